The van der Waals surface area contributed by atoms with Crippen LogP contribution in [-0.4, -0.2) is 64.5 Å². The van der Waals surface area contributed by atoms with Crippen LogP contribution in [0.5, 0.6) is 0 Å². The molecule has 1 amide bonds. The molecule has 0 bridgehead atoms. The Kier molecular flexibility index (Phi) is 5.85. The molecule has 1 fully saturated rings. The van der Waals surface area contributed by atoms with Gasteiger partial charge in [-0.25, -0.2) is 13.4 Å². The summed E-state index contributed by atoms with van der Waals surface area (Å²) in [4.78, 5) is 18.7. The minimum Gasteiger partial charge on any atom is -0.340 e. The second-order valence-corrected chi connectivity index (χ2v) is 9.35. The largest absolute Gasteiger partial charge is 0.340 e. The fraction of sp³-hybridized carbons (Fsp3) is 0.526. The standard InChI is InChI=1S/C19H27N5O3S/c1-14-9-15(2)18(16(3)10-14)28(26,27)24-7-5-22(6-8-24)19(25)17(4)11-23-13-20-12-21-23/h9-10,12-13,17H,5-8,11H2,1-4H3/t17-/m1/s1. The minimum absolute atomic E-state index is 0.00949. The Balaban J connectivity index is 1.67. The first kappa shape index (κ1) is 20.5. The van der Waals surface area contributed by atoms with Crippen molar-refractivity contribution >= 4 is 15.9 Å². The van der Waals surface area contributed by atoms with Gasteiger partial charge in [-0.05, 0) is 31.9 Å². The number of hydrogen-bond acceptors (Lipinski definition) is 5. The quantitative estimate of drug-likeness (QED) is 0.750. The van der Waals surface area contributed by atoms with Gasteiger partial charge in [0.15, 0.2) is 0 Å². The highest BCUT2D eigenvalue weighted by Gasteiger charge is 2.33. The summed E-state index contributed by atoms with van der Waals surface area (Å²) >= 11 is 0. The van der Waals surface area contributed by atoms with Crippen LogP contribution in [0.1, 0.15) is 23.6 Å². The predicted molar refractivity (Wildman–Crippen MR) is 105 cm³/mol. The van der Waals surface area contributed by atoms with Crippen LogP contribution >= 0.6 is 0 Å². The van der Waals surface area contributed by atoms with Crippen LogP contribution in [0, 0.1) is 26.7 Å². The maximum Gasteiger partial charge on any atom is 0.243 e. The van der Waals surface area contributed by atoms with Crippen molar-refractivity contribution in [3.8, 4) is 0 Å². The Bertz CT molecular complexity index is 925. The summed E-state index contributed by atoms with van der Waals surface area (Å²) in [5, 5.41) is 4.03. The number of carbonyl (C=O) groups is 1. The zero-order chi connectivity index (χ0) is 20.5. The van der Waals surface area contributed by atoms with E-state index < -0.39 is 10.0 Å². The van der Waals surface area contributed by atoms with Crippen LogP contribution in [0.25, 0.3) is 0 Å². The summed E-state index contributed by atoms with van der Waals surface area (Å²) in [7, 11) is -3.58. The summed E-state index contributed by atoms with van der Waals surface area (Å²) in [6, 6.07) is 3.79. The van der Waals surface area contributed by atoms with E-state index in [-0.39, 0.29) is 11.8 Å². The van der Waals surface area contributed by atoms with Gasteiger partial charge in [0.05, 0.1) is 17.4 Å². The van der Waals surface area contributed by atoms with Crippen LogP contribution in [0.4, 0.5) is 0 Å². The third kappa shape index (κ3) is 4.10. The van der Waals surface area contributed by atoms with Crippen molar-refractivity contribution in [3.63, 3.8) is 0 Å². The number of benzene rings is 1. The number of aromatic nitrogens is 3. The van der Waals surface area contributed by atoms with Crippen LogP contribution < -0.4 is 0 Å². The van der Waals surface area contributed by atoms with Crippen molar-refractivity contribution in [2.45, 2.75) is 39.1 Å². The molecule has 1 atom stereocenters. The van der Waals surface area contributed by atoms with Gasteiger partial charge in [-0.15, -0.1) is 0 Å². The van der Waals surface area contributed by atoms with Crippen LogP contribution in [0.3, 0.4) is 0 Å². The van der Waals surface area contributed by atoms with Crippen molar-refractivity contribution in [1.29, 1.82) is 0 Å². The highest BCUT2D eigenvalue weighted by atomic mass is 32.2. The number of carbonyl (C=O) groups excluding carboxylic acids is 1. The second kappa shape index (κ2) is 8.00. The van der Waals surface area contributed by atoms with E-state index in [0.29, 0.717) is 37.6 Å². The zero-order valence-corrected chi connectivity index (χ0v) is 17.6. The van der Waals surface area contributed by atoms with Gasteiger partial charge in [-0.3, -0.25) is 9.48 Å². The smallest absolute Gasteiger partial charge is 0.243 e. The van der Waals surface area contributed by atoms with Crippen molar-refractivity contribution in [2.24, 2.45) is 5.92 Å². The van der Waals surface area contributed by atoms with Gasteiger partial charge >= 0.3 is 0 Å². The molecular weight excluding hydrogens is 378 g/mol. The van der Waals surface area contributed by atoms with Crippen LogP contribution in [0.2, 0.25) is 0 Å². The second-order valence-electron chi connectivity index (χ2n) is 7.48. The van der Waals surface area contributed by atoms with E-state index in [2.05, 4.69) is 10.1 Å². The maximum atomic E-state index is 13.2. The number of sulfonamides is 1. The molecule has 3 rings (SSSR count). The monoisotopic (exact) mass is 405 g/mol. The summed E-state index contributed by atoms with van der Waals surface area (Å²) in [6.07, 6.45) is 3.02. The molecule has 1 aromatic carbocycles. The molecule has 152 valence electrons. The molecule has 8 nitrogen and oxygen atoms in total. The summed E-state index contributed by atoms with van der Waals surface area (Å²) in [6.45, 7) is 9.32. The van der Waals surface area contributed by atoms with Crippen molar-refractivity contribution in [1.82, 2.24) is 24.0 Å². The van der Waals surface area contributed by atoms with E-state index in [0.717, 1.165) is 16.7 Å². The number of hydrogen-bond donors (Lipinski definition) is 0. The van der Waals surface area contributed by atoms with Gasteiger partial charge in [-0.1, -0.05) is 24.6 Å². The van der Waals surface area contributed by atoms with Gasteiger partial charge in [0.25, 0.3) is 0 Å². The first-order valence-electron chi connectivity index (χ1n) is 9.39. The molecule has 0 N–H and O–H groups in total. The number of rotatable bonds is 5. The third-order valence-corrected chi connectivity index (χ3v) is 7.31. The maximum absolute atomic E-state index is 13.2. The molecule has 1 aliphatic rings. The molecule has 0 saturated carbocycles. The van der Waals surface area contributed by atoms with Gasteiger partial charge < -0.3 is 4.90 Å². The van der Waals surface area contributed by atoms with E-state index in [1.165, 1.54) is 10.6 Å². The zero-order valence-electron chi connectivity index (χ0n) is 16.8. The fourth-order valence-corrected chi connectivity index (χ4v) is 5.68. The normalized spacial score (nSPS) is 16.9. The van der Waals surface area contributed by atoms with E-state index >= 15 is 0 Å². The highest BCUT2D eigenvalue weighted by Crippen LogP contribution is 2.26. The molecule has 0 unspecified atom stereocenters. The molecule has 9 heteroatoms. The molecule has 0 spiro atoms. The number of aryl methyl sites for hydroxylation is 3. The summed E-state index contributed by atoms with van der Waals surface area (Å²) in [5.41, 5.74) is 2.57. The van der Waals surface area contributed by atoms with Gasteiger partial charge in [0.1, 0.15) is 12.7 Å². The lowest BCUT2D eigenvalue weighted by atomic mass is 10.1. The first-order chi connectivity index (χ1) is 13.2. The SMILES string of the molecule is Cc1cc(C)c(S(=O)(=O)N2CCN(C(=O)[C@H](C)Cn3cncn3)CC2)c(C)c1. The predicted octanol–water partition coefficient (Wildman–Crippen LogP) is 1.37. The Hall–Kier alpha value is -2.26. The molecule has 2 aromatic rings. The molecule has 28 heavy (non-hydrogen) atoms. The average molecular weight is 406 g/mol. The van der Waals surface area contributed by atoms with Crippen molar-refractivity contribution in [3.05, 3.63) is 41.5 Å². The van der Waals surface area contributed by atoms with Gasteiger partial charge in [0.2, 0.25) is 15.9 Å². The number of nitrogens with zero attached hydrogens (tertiary/aromatic N) is 5. The molecular formula is C19H27N5O3S. The lowest BCUT2D eigenvalue weighted by Crippen LogP contribution is -2.52. The topological polar surface area (TPSA) is 88.4 Å². The first-order valence-corrected chi connectivity index (χ1v) is 10.8. The number of piperazine rings is 1. The number of amides is 1. The molecule has 1 saturated heterocycles. The van der Waals surface area contributed by atoms with E-state index in [4.69, 9.17) is 0 Å². The molecule has 1 aromatic heterocycles. The Morgan fingerprint density at radius 1 is 1.11 bits per heavy atom. The van der Waals surface area contributed by atoms with Crippen molar-refractivity contribution < 1.29 is 13.2 Å². The van der Waals surface area contributed by atoms with Crippen LogP contribution in [0.15, 0.2) is 29.7 Å². The Morgan fingerprint density at radius 3 is 2.25 bits per heavy atom. The fourth-order valence-electron chi connectivity index (χ4n) is 3.85. The summed E-state index contributed by atoms with van der Waals surface area (Å²) < 4.78 is 29.5. The van der Waals surface area contributed by atoms with Gasteiger partial charge in [0, 0.05) is 26.2 Å². The molecule has 0 radical (unpaired) electrons. The van der Waals surface area contributed by atoms with Crippen LogP contribution in [-0.2, 0) is 21.4 Å². The van der Waals surface area contributed by atoms with E-state index in [1.54, 1.807) is 15.9 Å². The Morgan fingerprint density at radius 2 is 1.71 bits per heavy atom. The molecule has 2 heterocycles. The third-order valence-electron chi connectivity index (χ3n) is 5.10. The summed E-state index contributed by atoms with van der Waals surface area (Å²) in [5.74, 6) is -0.235. The van der Waals surface area contributed by atoms with E-state index in [1.807, 2.05) is 39.8 Å². The average Bonchev–Trinajstić information content (AvgIpc) is 3.13. The highest BCUT2D eigenvalue weighted by molar-refractivity contribution is 7.89. The lowest BCUT2D eigenvalue weighted by Gasteiger charge is -2.35. The van der Waals surface area contributed by atoms with Gasteiger partial charge in [-0.2, -0.15) is 9.40 Å². The van der Waals surface area contributed by atoms with E-state index in [9.17, 15) is 13.2 Å². The molecule has 0 aliphatic carbocycles. The Labute approximate surface area is 166 Å². The molecule has 1 aliphatic heterocycles. The lowest BCUT2D eigenvalue weighted by molar-refractivity contribution is -0.136. The van der Waals surface area contributed by atoms with Crippen molar-refractivity contribution in [2.75, 3.05) is 26.2 Å². The minimum atomic E-state index is -3.58.